The zero-order valence-electron chi connectivity index (χ0n) is 14.4. The van der Waals surface area contributed by atoms with Crippen LogP contribution < -0.4 is 4.80 Å². The zero-order chi connectivity index (χ0) is 17.8. The Balaban J connectivity index is 2.15. The Morgan fingerprint density at radius 3 is 2.50 bits per heavy atom. The molecule has 2 aromatic rings. The Hall–Kier alpha value is -1.05. The van der Waals surface area contributed by atoms with Gasteiger partial charge in [0.25, 0.3) is 10.0 Å². The molecule has 0 aliphatic rings. The summed E-state index contributed by atoms with van der Waals surface area (Å²) >= 11 is 3.23. The van der Waals surface area contributed by atoms with E-state index in [4.69, 9.17) is 0 Å². The molecule has 4 nitrogen and oxygen atoms in total. The van der Waals surface area contributed by atoms with Gasteiger partial charge in [-0.3, -0.25) is 0 Å². The molecule has 1 aromatic heterocycles. The molecule has 0 aliphatic carbocycles. The van der Waals surface area contributed by atoms with E-state index in [1.165, 1.54) is 11.3 Å². The Morgan fingerprint density at radius 1 is 1.29 bits per heavy atom. The largest absolute Gasteiger partial charge is 0.337 e. The monoisotopic (exact) mass is 384 g/mol. The highest BCUT2D eigenvalue weighted by Gasteiger charge is 2.22. The van der Waals surface area contributed by atoms with Gasteiger partial charge < -0.3 is 4.98 Å². The summed E-state index contributed by atoms with van der Waals surface area (Å²) in [4.78, 5) is 3.40. The van der Waals surface area contributed by atoms with Gasteiger partial charge in [-0.05, 0) is 30.5 Å². The maximum absolute atomic E-state index is 12.3. The van der Waals surface area contributed by atoms with Gasteiger partial charge >= 0.3 is 0 Å². The van der Waals surface area contributed by atoms with Gasteiger partial charge in [-0.2, -0.15) is 20.2 Å². The van der Waals surface area contributed by atoms with E-state index in [-0.39, 0.29) is 9.64 Å². The first-order valence-corrected chi connectivity index (χ1v) is 11.1. The van der Waals surface area contributed by atoms with Crippen molar-refractivity contribution in [2.45, 2.75) is 55.4 Å². The van der Waals surface area contributed by atoms with Crippen LogP contribution in [0.3, 0.4) is 0 Å². The molecule has 1 atom stereocenters. The fourth-order valence-electron chi connectivity index (χ4n) is 2.39. The van der Waals surface area contributed by atoms with Gasteiger partial charge in [-0.15, -0.1) is 15.7 Å². The lowest BCUT2D eigenvalue weighted by molar-refractivity contribution is 0.596. The molecule has 1 aromatic carbocycles. The van der Waals surface area contributed by atoms with E-state index in [9.17, 15) is 8.42 Å². The quantitative estimate of drug-likeness (QED) is 0.777. The average Bonchev–Trinajstić information content (AvgIpc) is 2.99. The molecule has 0 aliphatic heterocycles. The molecule has 2 rings (SSSR count). The summed E-state index contributed by atoms with van der Waals surface area (Å²) in [5.41, 5.74) is 1.14. The molecule has 0 saturated carbocycles. The first kappa shape index (κ1) is 19.3. The lowest BCUT2D eigenvalue weighted by Gasteiger charge is -2.27. The van der Waals surface area contributed by atoms with Crippen molar-refractivity contribution in [3.05, 3.63) is 46.2 Å². The third kappa shape index (κ3) is 5.50. The molecule has 24 heavy (non-hydrogen) atoms. The van der Waals surface area contributed by atoms with Crippen LogP contribution in [0.15, 0.2) is 45.1 Å². The molecule has 0 bridgehead atoms. The number of rotatable bonds is 7. The van der Waals surface area contributed by atoms with E-state index in [0.29, 0.717) is 10.1 Å². The van der Waals surface area contributed by atoms with Crippen molar-refractivity contribution >= 4 is 33.1 Å². The topological polar surface area (TPSA) is 62.3 Å². The van der Waals surface area contributed by atoms with Crippen LogP contribution in [0.2, 0.25) is 0 Å². The number of aromatic nitrogens is 1. The third-order valence-electron chi connectivity index (χ3n) is 3.60. The standard InChI is InChI=1S/C17H24N2O2S3/c1-5-13(2)23-17(3,4)12-14-6-8-15(9-7-14)24(20,21)19-16-18-10-11-22-16/h6-11,13H,5,12H2,1-4H3,(H,18,19). The van der Waals surface area contributed by atoms with Crippen molar-refractivity contribution in [1.29, 1.82) is 0 Å². The van der Waals surface area contributed by atoms with Crippen molar-refractivity contribution in [2.24, 2.45) is 4.40 Å². The molecule has 1 unspecified atom stereocenters. The predicted molar refractivity (Wildman–Crippen MR) is 103 cm³/mol. The highest BCUT2D eigenvalue weighted by Crippen LogP contribution is 2.33. The summed E-state index contributed by atoms with van der Waals surface area (Å²) in [7, 11) is -3.67. The summed E-state index contributed by atoms with van der Waals surface area (Å²) < 4.78 is 28.5. The Bertz CT molecular complexity index is 801. The van der Waals surface area contributed by atoms with Gasteiger partial charge in [0.2, 0.25) is 0 Å². The second kappa shape index (κ2) is 7.89. The van der Waals surface area contributed by atoms with Crippen LogP contribution in [0.5, 0.6) is 0 Å². The fourth-order valence-corrected chi connectivity index (χ4v) is 5.62. The van der Waals surface area contributed by atoms with Gasteiger partial charge in [0.05, 0.1) is 4.90 Å². The molecule has 7 heteroatoms. The molecule has 1 heterocycles. The number of aromatic amines is 1. The molecule has 0 spiro atoms. The lowest BCUT2D eigenvalue weighted by Crippen LogP contribution is -2.21. The van der Waals surface area contributed by atoms with Crippen molar-refractivity contribution in [3.63, 3.8) is 0 Å². The lowest BCUT2D eigenvalue weighted by atomic mass is 10.0. The Morgan fingerprint density at radius 2 is 1.96 bits per heavy atom. The number of H-pyrrole nitrogens is 1. The Kier molecular flexibility index (Phi) is 6.33. The van der Waals surface area contributed by atoms with Crippen LogP contribution in [0.4, 0.5) is 0 Å². The highest BCUT2D eigenvalue weighted by molar-refractivity contribution is 8.01. The van der Waals surface area contributed by atoms with E-state index in [1.807, 2.05) is 23.9 Å². The summed E-state index contributed by atoms with van der Waals surface area (Å²) in [6.07, 6.45) is 3.71. The predicted octanol–water partition coefficient (Wildman–Crippen LogP) is 4.22. The third-order valence-corrected chi connectivity index (χ3v) is 7.23. The average molecular weight is 385 g/mol. The van der Waals surface area contributed by atoms with Gasteiger partial charge in [0.15, 0.2) is 4.80 Å². The number of thioether (sulfide) groups is 1. The van der Waals surface area contributed by atoms with Crippen molar-refractivity contribution in [2.75, 3.05) is 0 Å². The maximum Gasteiger partial charge on any atom is 0.285 e. The van der Waals surface area contributed by atoms with Crippen LogP contribution in [0.25, 0.3) is 0 Å². The van der Waals surface area contributed by atoms with Gasteiger partial charge in [-0.25, -0.2) is 0 Å². The molecule has 0 fully saturated rings. The Labute approximate surface area is 152 Å². The van der Waals surface area contributed by atoms with Crippen LogP contribution in [-0.4, -0.2) is 23.4 Å². The number of hydrogen-bond donors (Lipinski definition) is 1. The van der Waals surface area contributed by atoms with Crippen molar-refractivity contribution in [3.8, 4) is 0 Å². The minimum absolute atomic E-state index is 0.117. The first-order chi connectivity index (χ1) is 11.2. The second-order valence-electron chi connectivity index (χ2n) is 6.35. The minimum atomic E-state index is -3.67. The molecular formula is C17H24N2O2S3. The molecule has 1 N–H and O–H groups in total. The number of thiazole rings is 1. The van der Waals surface area contributed by atoms with E-state index >= 15 is 0 Å². The fraction of sp³-hybridized carbons (Fsp3) is 0.471. The van der Waals surface area contributed by atoms with E-state index in [1.54, 1.807) is 23.7 Å². The van der Waals surface area contributed by atoms with Crippen LogP contribution >= 0.6 is 23.1 Å². The van der Waals surface area contributed by atoms with Crippen LogP contribution in [-0.2, 0) is 16.4 Å². The first-order valence-electron chi connectivity index (χ1n) is 7.92. The number of sulfonamides is 1. The number of nitrogens with one attached hydrogen (secondary N) is 1. The SMILES string of the molecule is CCC(C)SC(C)(C)Cc1ccc(S(=O)(=O)/N=c2\[nH]ccs2)cc1. The normalized spacial score (nSPS) is 14.8. The van der Waals surface area contributed by atoms with E-state index in [0.717, 1.165) is 18.4 Å². The minimum Gasteiger partial charge on any atom is -0.337 e. The molecule has 0 amide bonds. The summed E-state index contributed by atoms with van der Waals surface area (Å²) in [6.45, 7) is 8.90. The number of nitrogens with zero attached hydrogens (tertiary/aromatic N) is 1. The highest BCUT2D eigenvalue weighted by atomic mass is 32.2. The molecular weight excluding hydrogens is 360 g/mol. The summed E-state index contributed by atoms with van der Waals surface area (Å²) in [5, 5.41) is 2.37. The van der Waals surface area contributed by atoms with Gasteiger partial charge in [-0.1, -0.05) is 39.8 Å². The van der Waals surface area contributed by atoms with E-state index in [2.05, 4.69) is 37.1 Å². The molecule has 0 radical (unpaired) electrons. The van der Waals surface area contributed by atoms with Gasteiger partial charge in [0.1, 0.15) is 0 Å². The number of hydrogen-bond acceptors (Lipinski definition) is 4. The van der Waals surface area contributed by atoms with Gasteiger partial charge in [0, 0.05) is 21.6 Å². The van der Waals surface area contributed by atoms with Crippen molar-refractivity contribution in [1.82, 2.24) is 4.98 Å². The van der Waals surface area contributed by atoms with E-state index < -0.39 is 10.0 Å². The second-order valence-corrected chi connectivity index (χ2v) is 11.0. The molecule has 132 valence electrons. The smallest absolute Gasteiger partial charge is 0.285 e. The van der Waals surface area contributed by atoms with Crippen molar-refractivity contribution < 1.29 is 8.42 Å². The van der Waals surface area contributed by atoms with Crippen LogP contribution in [0.1, 0.15) is 39.7 Å². The number of benzene rings is 1. The molecule has 0 saturated heterocycles. The maximum atomic E-state index is 12.3. The zero-order valence-corrected chi connectivity index (χ0v) is 16.9. The van der Waals surface area contributed by atoms with Crippen LogP contribution in [0, 0.1) is 0 Å². The summed E-state index contributed by atoms with van der Waals surface area (Å²) in [6, 6.07) is 7.07. The summed E-state index contributed by atoms with van der Waals surface area (Å²) in [5.74, 6) is 0.